The zero-order chi connectivity index (χ0) is 22.1. The summed E-state index contributed by atoms with van der Waals surface area (Å²) in [4.78, 5) is 13.2. The number of benzene rings is 1. The minimum absolute atomic E-state index is 0.295. The van der Waals surface area contributed by atoms with E-state index in [1.54, 1.807) is 16.8 Å². The van der Waals surface area contributed by atoms with Crippen LogP contribution >= 0.6 is 11.3 Å². The van der Waals surface area contributed by atoms with Crippen LogP contribution in [0.3, 0.4) is 0 Å². The smallest absolute Gasteiger partial charge is 0.225 e. The summed E-state index contributed by atoms with van der Waals surface area (Å²) in [6.07, 6.45) is 0. The van der Waals surface area contributed by atoms with Crippen molar-refractivity contribution in [3.05, 3.63) is 47.2 Å². The molecular weight excluding hydrogens is 424 g/mol. The first-order valence-electron chi connectivity index (χ1n) is 10.4. The molecule has 10 nitrogen and oxygen atoms in total. The van der Waals surface area contributed by atoms with Gasteiger partial charge in [0.25, 0.3) is 0 Å². The lowest BCUT2D eigenvalue weighted by Crippen LogP contribution is -2.55. The Labute approximate surface area is 189 Å². The van der Waals surface area contributed by atoms with Crippen LogP contribution in [0.25, 0.3) is 10.8 Å². The molecule has 0 aliphatic carbocycles. The topological polar surface area (TPSA) is 108 Å². The van der Waals surface area contributed by atoms with E-state index in [1.165, 1.54) is 0 Å². The van der Waals surface area contributed by atoms with Gasteiger partial charge in [0.05, 0.1) is 18.3 Å². The molecule has 1 saturated heterocycles. The van der Waals surface area contributed by atoms with Gasteiger partial charge in [0.15, 0.2) is 11.6 Å². The third-order valence-corrected chi connectivity index (χ3v) is 6.01. The molecule has 32 heavy (non-hydrogen) atoms. The minimum atomic E-state index is 0.295. The number of rotatable bonds is 7. The first-order chi connectivity index (χ1) is 15.6. The molecule has 0 atom stereocenters. The molecule has 0 saturated carbocycles. The number of anilines is 4. The first kappa shape index (κ1) is 20.3. The number of hydrogen-bond acceptors (Lipinski definition) is 11. The summed E-state index contributed by atoms with van der Waals surface area (Å²) >= 11 is 1.55. The van der Waals surface area contributed by atoms with E-state index >= 15 is 0 Å². The molecule has 2 N–H and O–H groups in total. The summed E-state index contributed by atoms with van der Waals surface area (Å²) in [5.74, 6) is 2.22. The maximum Gasteiger partial charge on any atom is 0.225 e. The lowest BCUT2D eigenvalue weighted by Gasteiger charge is -2.39. The fourth-order valence-electron chi connectivity index (χ4n) is 3.65. The lowest BCUT2D eigenvalue weighted by atomic mass is 10.1. The van der Waals surface area contributed by atoms with Crippen molar-refractivity contribution in [1.29, 1.82) is 0 Å². The van der Waals surface area contributed by atoms with E-state index in [2.05, 4.69) is 58.0 Å². The van der Waals surface area contributed by atoms with E-state index in [0.29, 0.717) is 18.5 Å². The maximum absolute atomic E-state index is 4.61. The molecule has 3 aromatic heterocycles. The standard InChI is InChI=1S/C21H24N10S/c1-13-8-14(26-20(24-13)30(2)3)9-22-18-16-6-4-5-7-17(16)19(28-27-18)25-15-10-31(11-15)21-29-23-12-32-21/h4-8,12,15H,9-11H2,1-3H3,(H,22,27)(H,25,28). The van der Waals surface area contributed by atoms with Crippen molar-refractivity contribution in [2.24, 2.45) is 0 Å². The fraction of sp³-hybridized carbons (Fsp3) is 0.333. The van der Waals surface area contributed by atoms with Gasteiger partial charge in [-0.2, -0.15) is 0 Å². The maximum atomic E-state index is 4.61. The monoisotopic (exact) mass is 448 g/mol. The van der Waals surface area contributed by atoms with Gasteiger partial charge in [-0.1, -0.05) is 35.6 Å². The van der Waals surface area contributed by atoms with Crippen molar-refractivity contribution >= 4 is 44.8 Å². The van der Waals surface area contributed by atoms with Crippen molar-refractivity contribution in [1.82, 2.24) is 30.4 Å². The molecule has 11 heteroatoms. The molecule has 5 rings (SSSR count). The third kappa shape index (κ3) is 4.11. The van der Waals surface area contributed by atoms with Crippen LogP contribution in [-0.2, 0) is 6.54 Å². The van der Waals surface area contributed by atoms with Gasteiger partial charge in [-0.05, 0) is 13.0 Å². The van der Waals surface area contributed by atoms with Crippen molar-refractivity contribution in [3.8, 4) is 0 Å². The van der Waals surface area contributed by atoms with E-state index in [4.69, 9.17) is 0 Å². The van der Waals surface area contributed by atoms with Crippen LogP contribution in [0.5, 0.6) is 0 Å². The molecule has 1 aliphatic heterocycles. The molecule has 164 valence electrons. The molecule has 4 heterocycles. The van der Waals surface area contributed by atoms with Crippen LogP contribution in [-0.4, -0.2) is 63.6 Å². The normalized spacial score (nSPS) is 13.8. The molecule has 4 aromatic rings. The van der Waals surface area contributed by atoms with Gasteiger partial charge in [0, 0.05) is 43.7 Å². The fourth-order valence-corrected chi connectivity index (χ4v) is 4.23. The van der Waals surface area contributed by atoms with Crippen LogP contribution in [0, 0.1) is 6.92 Å². The molecule has 0 radical (unpaired) electrons. The van der Waals surface area contributed by atoms with Gasteiger partial charge in [0.1, 0.15) is 5.51 Å². The summed E-state index contributed by atoms with van der Waals surface area (Å²) in [6, 6.07) is 10.4. The number of nitrogens with one attached hydrogen (secondary N) is 2. The highest BCUT2D eigenvalue weighted by molar-refractivity contribution is 7.13. The van der Waals surface area contributed by atoms with Gasteiger partial charge < -0.3 is 20.4 Å². The lowest BCUT2D eigenvalue weighted by molar-refractivity contribution is 0.546. The molecular formula is C21H24N10S. The highest BCUT2D eigenvalue weighted by Gasteiger charge is 2.29. The second-order valence-electron chi connectivity index (χ2n) is 7.96. The third-order valence-electron chi connectivity index (χ3n) is 5.26. The van der Waals surface area contributed by atoms with E-state index < -0.39 is 0 Å². The average Bonchev–Trinajstić information content (AvgIpc) is 3.29. The number of aryl methyl sites for hydroxylation is 1. The molecule has 1 aromatic carbocycles. The van der Waals surface area contributed by atoms with Crippen molar-refractivity contribution in [2.75, 3.05) is 47.6 Å². The summed E-state index contributed by atoms with van der Waals surface area (Å²) in [5.41, 5.74) is 3.59. The number of fused-ring (bicyclic) bond motifs is 1. The summed E-state index contributed by atoms with van der Waals surface area (Å²) < 4.78 is 0. The second-order valence-corrected chi connectivity index (χ2v) is 8.77. The van der Waals surface area contributed by atoms with Crippen molar-refractivity contribution in [3.63, 3.8) is 0 Å². The molecule has 0 unspecified atom stereocenters. The van der Waals surface area contributed by atoms with Crippen molar-refractivity contribution < 1.29 is 0 Å². The predicted molar refractivity (Wildman–Crippen MR) is 127 cm³/mol. The molecule has 0 spiro atoms. The predicted octanol–water partition coefficient (Wildman–Crippen LogP) is 2.56. The van der Waals surface area contributed by atoms with Crippen LogP contribution in [0.2, 0.25) is 0 Å². The Balaban J connectivity index is 1.31. The molecule has 0 amide bonds. The average molecular weight is 449 g/mol. The van der Waals surface area contributed by atoms with E-state index in [0.717, 1.165) is 52.0 Å². The SMILES string of the molecule is Cc1cc(CNc2nnc(NC3CN(c4nncs4)C3)c3ccccc23)nc(N(C)C)n1. The van der Waals surface area contributed by atoms with Gasteiger partial charge in [-0.15, -0.1) is 20.4 Å². The zero-order valence-electron chi connectivity index (χ0n) is 18.1. The Morgan fingerprint density at radius 3 is 2.53 bits per heavy atom. The van der Waals surface area contributed by atoms with Gasteiger partial charge >= 0.3 is 0 Å². The Morgan fingerprint density at radius 1 is 1.06 bits per heavy atom. The van der Waals surface area contributed by atoms with E-state index in [1.807, 2.05) is 44.1 Å². The second kappa shape index (κ2) is 8.50. The van der Waals surface area contributed by atoms with E-state index in [-0.39, 0.29) is 0 Å². The van der Waals surface area contributed by atoms with Crippen LogP contribution in [0.15, 0.2) is 35.8 Å². The molecule has 1 fully saturated rings. The van der Waals surface area contributed by atoms with Gasteiger partial charge in [-0.3, -0.25) is 0 Å². The highest BCUT2D eigenvalue weighted by atomic mass is 32.1. The zero-order valence-corrected chi connectivity index (χ0v) is 19.0. The quantitative estimate of drug-likeness (QED) is 0.438. The van der Waals surface area contributed by atoms with Crippen molar-refractivity contribution in [2.45, 2.75) is 19.5 Å². The molecule has 0 bridgehead atoms. The van der Waals surface area contributed by atoms with Gasteiger partial charge in [0.2, 0.25) is 11.1 Å². The number of aromatic nitrogens is 6. The Bertz CT molecular complexity index is 1220. The number of hydrogen-bond donors (Lipinski definition) is 2. The minimum Gasteiger partial charge on any atom is -0.362 e. The number of nitrogens with zero attached hydrogens (tertiary/aromatic N) is 8. The van der Waals surface area contributed by atoms with Crippen LogP contribution in [0.1, 0.15) is 11.4 Å². The Hall–Kier alpha value is -3.60. The Kier molecular flexibility index (Phi) is 5.39. The highest BCUT2D eigenvalue weighted by Crippen LogP contribution is 2.29. The first-order valence-corrected chi connectivity index (χ1v) is 11.2. The molecule has 1 aliphatic rings. The Morgan fingerprint density at radius 2 is 1.81 bits per heavy atom. The summed E-state index contributed by atoms with van der Waals surface area (Å²) in [6.45, 7) is 4.24. The summed E-state index contributed by atoms with van der Waals surface area (Å²) in [7, 11) is 3.87. The van der Waals surface area contributed by atoms with Crippen LogP contribution in [0.4, 0.5) is 22.7 Å². The largest absolute Gasteiger partial charge is 0.362 e. The van der Waals surface area contributed by atoms with Crippen LogP contribution < -0.4 is 20.4 Å². The van der Waals surface area contributed by atoms with E-state index in [9.17, 15) is 0 Å². The van der Waals surface area contributed by atoms with Gasteiger partial charge in [-0.25, -0.2) is 9.97 Å². The summed E-state index contributed by atoms with van der Waals surface area (Å²) in [5, 5.41) is 26.9.